The van der Waals surface area contributed by atoms with E-state index in [2.05, 4.69) is 10.5 Å². The molecular weight excluding hydrogens is 385 g/mol. The molecule has 2 aromatic carbocycles. The van der Waals surface area contributed by atoms with E-state index in [-0.39, 0.29) is 29.1 Å². The summed E-state index contributed by atoms with van der Waals surface area (Å²) in [6.45, 7) is 3.43. The molecule has 0 saturated carbocycles. The minimum absolute atomic E-state index is 0.0302. The molecule has 0 bridgehead atoms. The van der Waals surface area contributed by atoms with Crippen molar-refractivity contribution in [2.75, 3.05) is 5.32 Å². The average molecular weight is 402 g/mol. The first-order valence-electron chi connectivity index (χ1n) is 8.68. The minimum atomic E-state index is -4.47. The van der Waals surface area contributed by atoms with E-state index in [1.54, 1.807) is 26.0 Å². The van der Waals surface area contributed by atoms with Gasteiger partial charge >= 0.3 is 6.18 Å². The van der Waals surface area contributed by atoms with Crippen molar-refractivity contribution in [1.82, 2.24) is 5.16 Å². The quantitative estimate of drug-likeness (QED) is 0.611. The van der Waals surface area contributed by atoms with Gasteiger partial charge in [0.05, 0.1) is 11.3 Å². The summed E-state index contributed by atoms with van der Waals surface area (Å²) in [6.07, 6.45) is -4.67. The lowest BCUT2D eigenvalue weighted by Crippen LogP contribution is -2.13. The predicted octanol–water partition coefficient (Wildman–Crippen LogP) is 4.99. The minimum Gasteiger partial charge on any atom is -0.351 e. The van der Waals surface area contributed by atoms with Crippen molar-refractivity contribution in [2.45, 2.75) is 26.4 Å². The number of anilines is 1. The lowest BCUT2D eigenvalue weighted by molar-refractivity contribution is -0.137. The highest BCUT2D eigenvalue weighted by Crippen LogP contribution is 2.30. The van der Waals surface area contributed by atoms with Crippen molar-refractivity contribution in [3.8, 4) is 0 Å². The molecule has 0 spiro atoms. The molecule has 3 aromatic rings. The van der Waals surface area contributed by atoms with Gasteiger partial charge in [-0.15, -0.1) is 0 Å². The Balaban J connectivity index is 1.78. The van der Waals surface area contributed by atoms with E-state index in [0.717, 1.165) is 12.1 Å². The summed E-state index contributed by atoms with van der Waals surface area (Å²) in [5.74, 6) is -0.853. The molecular formula is C21H17F3N2O3. The summed E-state index contributed by atoms with van der Waals surface area (Å²) in [4.78, 5) is 24.8. The van der Waals surface area contributed by atoms with Crippen molar-refractivity contribution in [3.05, 3.63) is 82.2 Å². The van der Waals surface area contributed by atoms with Crippen LogP contribution in [0.25, 0.3) is 0 Å². The van der Waals surface area contributed by atoms with Gasteiger partial charge in [-0.05, 0) is 37.1 Å². The standard InChI is InChI=1S/C21H17F3N2O3/c1-12-6-7-15(11-17(12)25-20(28)19-8-13(2)26-29-19)18(27)10-14-4-3-5-16(9-14)21(22,23)24/h3-9,11H,10H2,1-2H3,(H,25,28). The predicted molar refractivity (Wildman–Crippen MR) is 99.9 cm³/mol. The van der Waals surface area contributed by atoms with Crippen molar-refractivity contribution in [2.24, 2.45) is 0 Å². The second kappa shape index (κ2) is 7.90. The fourth-order valence-electron chi connectivity index (χ4n) is 2.73. The third-order valence-corrected chi connectivity index (χ3v) is 4.28. The maximum absolute atomic E-state index is 12.9. The molecule has 29 heavy (non-hydrogen) atoms. The van der Waals surface area contributed by atoms with Gasteiger partial charge in [0.2, 0.25) is 5.76 Å². The third kappa shape index (κ3) is 4.90. The number of Topliss-reactive ketones (excluding diaryl/α,β-unsaturated/α-hetero) is 1. The van der Waals surface area contributed by atoms with Crippen molar-refractivity contribution in [1.29, 1.82) is 0 Å². The Labute approximate surface area is 164 Å². The first-order chi connectivity index (χ1) is 13.6. The Kier molecular flexibility index (Phi) is 5.54. The number of amides is 1. The first-order valence-corrected chi connectivity index (χ1v) is 8.68. The van der Waals surface area contributed by atoms with E-state index in [0.29, 0.717) is 16.9 Å². The van der Waals surface area contributed by atoms with Gasteiger partial charge in [0, 0.05) is 23.7 Å². The molecule has 0 atom stereocenters. The molecule has 0 radical (unpaired) electrons. The summed E-state index contributed by atoms with van der Waals surface area (Å²) < 4.78 is 43.5. The van der Waals surface area contributed by atoms with Crippen LogP contribution in [-0.4, -0.2) is 16.8 Å². The Morgan fingerprint density at radius 1 is 1.07 bits per heavy atom. The van der Waals surface area contributed by atoms with Crippen molar-refractivity contribution >= 4 is 17.4 Å². The van der Waals surface area contributed by atoms with E-state index >= 15 is 0 Å². The summed E-state index contributed by atoms with van der Waals surface area (Å²) in [7, 11) is 0. The van der Waals surface area contributed by atoms with E-state index < -0.39 is 17.6 Å². The number of hydrogen-bond acceptors (Lipinski definition) is 4. The topological polar surface area (TPSA) is 72.2 Å². The first kappa shape index (κ1) is 20.3. The fraction of sp³-hybridized carbons (Fsp3) is 0.190. The molecule has 1 amide bonds. The lowest BCUT2D eigenvalue weighted by Gasteiger charge is -2.10. The zero-order chi connectivity index (χ0) is 21.2. The zero-order valence-corrected chi connectivity index (χ0v) is 15.6. The monoisotopic (exact) mass is 402 g/mol. The third-order valence-electron chi connectivity index (χ3n) is 4.28. The zero-order valence-electron chi connectivity index (χ0n) is 15.6. The van der Waals surface area contributed by atoms with Gasteiger partial charge in [-0.2, -0.15) is 13.2 Å². The normalized spacial score (nSPS) is 11.3. The molecule has 0 aliphatic rings. The number of aromatic nitrogens is 1. The molecule has 8 heteroatoms. The number of rotatable bonds is 5. The van der Waals surface area contributed by atoms with Gasteiger partial charge in [-0.1, -0.05) is 35.5 Å². The Bertz CT molecular complexity index is 1070. The van der Waals surface area contributed by atoms with E-state index in [9.17, 15) is 22.8 Å². The highest BCUT2D eigenvalue weighted by molar-refractivity contribution is 6.04. The van der Waals surface area contributed by atoms with Crippen LogP contribution in [0.1, 0.15) is 43.3 Å². The number of alkyl halides is 3. The number of hydrogen-bond donors (Lipinski definition) is 1. The fourth-order valence-corrected chi connectivity index (χ4v) is 2.73. The maximum Gasteiger partial charge on any atom is 0.416 e. The highest BCUT2D eigenvalue weighted by Gasteiger charge is 2.30. The second-order valence-corrected chi connectivity index (χ2v) is 6.61. The molecule has 0 unspecified atom stereocenters. The molecule has 150 valence electrons. The summed E-state index contributed by atoms with van der Waals surface area (Å²) in [5, 5.41) is 6.30. The van der Waals surface area contributed by atoms with Crippen LogP contribution in [0, 0.1) is 13.8 Å². The molecule has 5 nitrogen and oxygen atoms in total. The molecule has 3 rings (SSSR count). The van der Waals surface area contributed by atoms with Gasteiger partial charge in [-0.3, -0.25) is 9.59 Å². The SMILES string of the molecule is Cc1cc(C(=O)Nc2cc(C(=O)Cc3cccc(C(F)(F)F)c3)ccc2C)on1. The van der Waals surface area contributed by atoms with Crippen LogP contribution >= 0.6 is 0 Å². The van der Waals surface area contributed by atoms with Gasteiger partial charge < -0.3 is 9.84 Å². The van der Waals surface area contributed by atoms with Gasteiger partial charge in [0.1, 0.15) is 0 Å². The molecule has 0 aliphatic carbocycles. The Morgan fingerprint density at radius 2 is 1.83 bits per heavy atom. The van der Waals surface area contributed by atoms with Crippen LogP contribution in [-0.2, 0) is 12.6 Å². The second-order valence-electron chi connectivity index (χ2n) is 6.61. The number of nitrogens with one attached hydrogen (secondary N) is 1. The number of carbonyl (C=O) groups excluding carboxylic acids is 2. The summed E-state index contributed by atoms with van der Waals surface area (Å²) >= 11 is 0. The average Bonchev–Trinajstić information content (AvgIpc) is 3.09. The molecule has 0 fully saturated rings. The van der Waals surface area contributed by atoms with E-state index in [4.69, 9.17) is 4.52 Å². The van der Waals surface area contributed by atoms with Crippen LogP contribution in [0.15, 0.2) is 53.1 Å². The van der Waals surface area contributed by atoms with Gasteiger partial charge in [-0.25, -0.2) is 0 Å². The largest absolute Gasteiger partial charge is 0.416 e. The van der Waals surface area contributed by atoms with Crippen LogP contribution in [0.5, 0.6) is 0 Å². The van der Waals surface area contributed by atoms with E-state index in [1.165, 1.54) is 24.3 Å². The molecule has 0 aliphatic heterocycles. The molecule has 1 N–H and O–H groups in total. The van der Waals surface area contributed by atoms with Gasteiger partial charge in [0.15, 0.2) is 5.78 Å². The number of ketones is 1. The molecule has 1 aromatic heterocycles. The Hall–Kier alpha value is -3.42. The number of halogens is 3. The van der Waals surface area contributed by atoms with Gasteiger partial charge in [0.25, 0.3) is 5.91 Å². The highest BCUT2D eigenvalue weighted by atomic mass is 19.4. The molecule has 0 saturated heterocycles. The number of benzene rings is 2. The van der Waals surface area contributed by atoms with Crippen LogP contribution in [0.4, 0.5) is 18.9 Å². The number of carbonyl (C=O) groups is 2. The summed E-state index contributed by atoms with van der Waals surface area (Å²) in [6, 6.07) is 10.8. The van der Waals surface area contributed by atoms with Crippen molar-refractivity contribution < 1.29 is 27.3 Å². The molecule has 1 heterocycles. The van der Waals surface area contributed by atoms with Crippen LogP contribution in [0.2, 0.25) is 0 Å². The van der Waals surface area contributed by atoms with Crippen molar-refractivity contribution in [3.63, 3.8) is 0 Å². The lowest BCUT2D eigenvalue weighted by atomic mass is 9.99. The number of aryl methyl sites for hydroxylation is 2. The summed E-state index contributed by atoms with van der Waals surface area (Å²) in [5.41, 5.74) is 1.40. The smallest absolute Gasteiger partial charge is 0.351 e. The number of nitrogens with zero attached hydrogens (tertiary/aromatic N) is 1. The Morgan fingerprint density at radius 3 is 2.48 bits per heavy atom. The van der Waals surface area contributed by atoms with Crippen LogP contribution < -0.4 is 5.32 Å². The van der Waals surface area contributed by atoms with E-state index in [1.807, 2.05) is 0 Å². The van der Waals surface area contributed by atoms with Crippen LogP contribution in [0.3, 0.4) is 0 Å². The maximum atomic E-state index is 12.9.